The van der Waals surface area contributed by atoms with Gasteiger partial charge in [-0.15, -0.1) is 55.4 Å². The third-order valence-electron chi connectivity index (χ3n) is 1.60. The van der Waals surface area contributed by atoms with Crippen molar-refractivity contribution < 1.29 is 0 Å². The highest BCUT2D eigenvalue weighted by atomic mass is 35.8. The molecule has 0 rings (SSSR count). The minimum Gasteiger partial charge on any atom is -0.146 e. The van der Waals surface area contributed by atoms with Gasteiger partial charge in [0.05, 0.1) is 0 Å². The molecule has 0 bridgehead atoms. The lowest BCUT2D eigenvalue weighted by atomic mass is 10.9. The van der Waals surface area contributed by atoms with E-state index in [2.05, 4.69) is 0 Å². The van der Waals surface area contributed by atoms with Crippen LogP contribution in [0.2, 0.25) is 11.2 Å². The number of rotatable bonds is 3. The van der Waals surface area contributed by atoms with Crippen LogP contribution in [-0.4, -0.2) is 12.7 Å². The molecule has 0 aliphatic heterocycles. The Bertz CT molecular complexity index is 131. The second kappa shape index (κ2) is 4.40. The smallest absolute Gasteiger partial charge is 0.146 e. The molecule has 0 aromatic rings. The van der Waals surface area contributed by atoms with Gasteiger partial charge in [0, 0.05) is 5.16 Å². The van der Waals surface area contributed by atoms with Crippen molar-refractivity contribution in [1.82, 2.24) is 0 Å². The van der Waals surface area contributed by atoms with E-state index in [0.29, 0.717) is 0 Å². The molecule has 0 spiro atoms. The Balaban J connectivity index is 4.35. The summed E-state index contributed by atoms with van der Waals surface area (Å²) in [5.74, 6) is 0. The summed E-state index contributed by atoms with van der Waals surface area (Å²) in [6.45, 7) is 1.45. The van der Waals surface area contributed by atoms with Gasteiger partial charge in [-0.2, -0.15) is 0 Å². The molecule has 11 heavy (non-hydrogen) atoms. The Labute approximate surface area is 92.6 Å². The molecule has 1 atom stereocenters. The standard InChI is InChI=1S/C4H9Cl5Si2/c1-3-10(5,6)4(2)11(7,8)9/h4H,3H2,1-2H3. The van der Waals surface area contributed by atoms with E-state index < -0.39 is 12.7 Å². The minimum atomic E-state index is -2.70. The molecule has 0 aromatic carbocycles. The Morgan fingerprint density at radius 1 is 1.09 bits per heavy atom. The van der Waals surface area contributed by atoms with Crippen LogP contribution in [0.5, 0.6) is 0 Å². The van der Waals surface area contributed by atoms with Gasteiger partial charge in [0.15, 0.2) is 0 Å². The molecule has 0 nitrogen and oxygen atoms in total. The van der Waals surface area contributed by atoms with Gasteiger partial charge in [0.1, 0.15) is 0 Å². The highest BCUT2D eigenvalue weighted by molar-refractivity contribution is 7.70. The first-order chi connectivity index (χ1) is 4.72. The van der Waals surface area contributed by atoms with Crippen LogP contribution in [0.1, 0.15) is 13.8 Å². The summed E-state index contributed by atoms with van der Waals surface area (Å²) in [5.41, 5.74) is 0. The monoisotopic (exact) mass is 288 g/mol. The normalized spacial score (nSPS) is 16.6. The second-order valence-corrected chi connectivity index (χ2v) is 19.7. The van der Waals surface area contributed by atoms with Crippen LogP contribution in [0.4, 0.5) is 0 Å². The van der Waals surface area contributed by atoms with Crippen LogP contribution in [0.15, 0.2) is 0 Å². The fourth-order valence-electron chi connectivity index (χ4n) is 0.546. The highest BCUT2D eigenvalue weighted by Crippen LogP contribution is 2.45. The summed E-state index contributed by atoms with van der Waals surface area (Å²) in [6.07, 6.45) is 0. The fraction of sp³-hybridized carbons (Fsp3) is 1.00. The molecule has 0 saturated carbocycles. The molecule has 0 aromatic heterocycles. The molecule has 0 saturated heterocycles. The van der Waals surface area contributed by atoms with Crippen LogP contribution >= 0.6 is 55.4 Å². The molecule has 0 radical (unpaired) electrons. The van der Waals surface area contributed by atoms with Crippen molar-refractivity contribution in [3.05, 3.63) is 0 Å². The largest absolute Gasteiger partial charge is 0.343 e. The van der Waals surface area contributed by atoms with Crippen LogP contribution in [-0.2, 0) is 0 Å². The lowest BCUT2D eigenvalue weighted by molar-refractivity contribution is 1.25. The highest BCUT2D eigenvalue weighted by Gasteiger charge is 2.47. The molecule has 68 valence electrons. The lowest BCUT2D eigenvalue weighted by Gasteiger charge is -2.26. The molecule has 0 amide bonds. The maximum atomic E-state index is 6.04. The fourth-order valence-corrected chi connectivity index (χ4v) is 14.7. The Morgan fingerprint density at radius 3 is 1.55 bits per heavy atom. The van der Waals surface area contributed by atoms with Gasteiger partial charge < -0.3 is 0 Å². The molecule has 0 fully saturated rings. The van der Waals surface area contributed by atoms with Gasteiger partial charge in [-0.05, 0) is 6.04 Å². The topological polar surface area (TPSA) is 0 Å². The van der Waals surface area contributed by atoms with Crippen LogP contribution < -0.4 is 0 Å². The van der Waals surface area contributed by atoms with Gasteiger partial charge in [0.25, 0.3) is 6.69 Å². The van der Waals surface area contributed by atoms with E-state index in [1.54, 1.807) is 0 Å². The van der Waals surface area contributed by atoms with E-state index >= 15 is 0 Å². The molecule has 0 N–H and O–H groups in total. The van der Waals surface area contributed by atoms with E-state index in [1.165, 1.54) is 0 Å². The zero-order valence-electron chi connectivity index (χ0n) is 6.17. The Morgan fingerprint density at radius 2 is 1.45 bits per heavy atom. The molecule has 1 unspecified atom stereocenters. The Kier molecular flexibility index (Phi) is 5.16. The zero-order chi connectivity index (χ0) is 9.28. The van der Waals surface area contributed by atoms with Crippen molar-refractivity contribution >= 4 is 68.1 Å². The van der Waals surface area contributed by atoms with Crippen molar-refractivity contribution in [3.8, 4) is 0 Å². The minimum absolute atomic E-state index is 0.117. The van der Waals surface area contributed by atoms with Gasteiger partial charge in [0.2, 0.25) is 0 Å². The second-order valence-electron chi connectivity index (χ2n) is 2.38. The van der Waals surface area contributed by atoms with E-state index in [9.17, 15) is 0 Å². The molecule has 0 heterocycles. The van der Waals surface area contributed by atoms with Gasteiger partial charge in [-0.3, -0.25) is 0 Å². The number of halogens is 5. The molecule has 0 aliphatic rings. The third-order valence-corrected chi connectivity index (χ3v) is 16.8. The molecule has 7 heteroatoms. The quantitative estimate of drug-likeness (QED) is 0.530. The SMILES string of the molecule is CC[Si](Cl)(Cl)C(C)[Si](Cl)(Cl)Cl. The van der Waals surface area contributed by atoms with Gasteiger partial charge >= 0.3 is 6.00 Å². The average Bonchev–Trinajstić information content (AvgIpc) is 1.84. The maximum absolute atomic E-state index is 6.04. The first-order valence-electron chi connectivity index (χ1n) is 3.16. The average molecular weight is 291 g/mol. The predicted molar refractivity (Wildman–Crippen MR) is 60.7 cm³/mol. The Hall–Kier alpha value is 1.88. The van der Waals surface area contributed by atoms with E-state index in [-0.39, 0.29) is 5.16 Å². The summed E-state index contributed by atoms with van der Waals surface area (Å²) in [4.78, 5) is 0. The summed E-state index contributed by atoms with van der Waals surface area (Å²) in [6, 6.07) is -1.98. The molecular weight excluding hydrogens is 281 g/mol. The van der Waals surface area contributed by atoms with Crippen molar-refractivity contribution in [2.75, 3.05) is 0 Å². The van der Waals surface area contributed by atoms with Crippen molar-refractivity contribution in [3.63, 3.8) is 0 Å². The third kappa shape index (κ3) is 4.07. The van der Waals surface area contributed by atoms with Crippen LogP contribution in [0.3, 0.4) is 0 Å². The summed E-state index contributed by atoms with van der Waals surface area (Å²) < 4.78 is 0. The van der Waals surface area contributed by atoms with Crippen molar-refractivity contribution in [2.24, 2.45) is 0 Å². The van der Waals surface area contributed by atoms with E-state index in [1.807, 2.05) is 13.8 Å². The van der Waals surface area contributed by atoms with Gasteiger partial charge in [-0.25, -0.2) is 0 Å². The zero-order valence-corrected chi connectivity index (χ0v) is 12.0. The van der Waals surface area contributed by atoms with Gasteiger partial charge in [-0.1, -0.05) is 13.8 Å². The maximum Gasteiger partial charge on any atom is 0.343 e. The van der Waals surface area contributed by atoms with E-state index in [4.69, 9.17) is 55.4 Å². The predicted octanol–water partition coefficient (Wildman–Crippen LogP) is 4.51. The molecule has 0 aliphatic carbocycles. The first-order valence-corrected chi connectivity index (χ1v) is 12.6. The number of hydrogen-bond donors (Lipinski definition) is 0. The van der Waals surface area contributed by atoms with Crippen LogP contribution in [0.25, 0.3) is 0 Å². The lowest BCUT2D eigenvalue weighted by Crippen LogP contribution is -2.36. The molecular formula is C4H9Cl5Si2. The summed E-state index contributed by atoms with van der Waals surface area (Å²) >= 11 is 29.4. The van der Waals surface area contributed by atoms with Crippen molar-refractivity contribution in [1.29, 1.82) is 0 Å². The van der Waals surface area contributed by atoms with Crippen LogP contribution in [0, 0.1) is 0 Å². The first kappa shape index (κ1) is 12.9. The van der Waals surface area contributed by atoms with Crippen molar-refractivity contribution in [2.45, 2.75) is 25.1 Å². The number of hydrogen-bond acceptors (Lipinski definition) is 0. The summed E-state index contributed by atoms with van der Waals surface area (Å²) in [5, 5.41) is -0.117. The van der Waals surface area contributed by atoms with E-state index in [0.717, 1.165) is 6.04 Å². The summed E-state index contributed by atoms with van der Waals surface area (Å²) in [7, 11) is 0.